The Bertz CT molecular complexity index is 40.0. The highest BCUT2D eigenvalue weighted by Gasteiger charge is -0.0586. The monoisotopic (exact) mass is 401 g/mol. The third-order valence-corrected chi connectivity index (χ3v) is 0. The van der Waals surface area contributed by atoms with Gasteiger partial charge in [0.1, 0.15) is 0 Å². The lowest BCUT2D eigenvalue weighted by molar-refractivity contribution is 2.50. The smallest absolute Gasteiger partial charge is 0 e. The lowest BCUT2D eigenvalue weighted by atomic mass is 12.0. The van der Waals surface area contributed by atoms with E-state index in [1.165, 1.54) is 0 Å². The molecule has 0 spiro atoms. The summed E-state index contributed by atoms with van der Waals surface area (Å²) in [4.78, 5) is 0. The van der Waals surface area contributed by atoms with E-state index in [-0.39, 0.29) is 177 Å². The third kappa shape index (κ3) is 0. The standard InChI is InChI=1S/20CH4.20H2/h20*1H4;20*1H/i;;;;;;;;;;;;;;;;;;;;20*1+2. The Morgan fingerprint density at radius 1 is 0.100 bits per heavy atom. The first-order valence-corrected chi connectivity index (χ1v) is 0. The van der Waals surface area contributed by atoms with Crippen LogP contribution in [0.2, 0.25) is 0 Å². The molecule has 0 atom stereocenters. The van der Waals surface area contributed by atoms with E-state index in [9.17, 15) is 0 Å². The molecule has 0 nitrogen and oxygen atoms in total. The molecular weight excluding hydrogens is 240 g/mol. The van der Waals surface area contributed by atoms with Gasteiger partial charge in [0.05, 0.1) is 0 Å². The number of hydrogen-bond acceptors (Lipinski definition) is 0. The van der Waals surface area contributed by atoms with Gasteiger partial charge in [-0.2, -0.15) is 0 Å². The Morgan fingerprint density at radius 3 is 0.100 bits per heavy atom. The van der Waals surface area contributed by atoms with Crippen molar-refractivity contribution < 1.29 is 28.5 Å². The van der Waals surface area contributed by atoms with Crippen LogP contribution in [-0.2, 0) is 0 Å². The topological polar surface area (TPSA) is 0 Å². The predicted octanol–water partition coefficient (Wildman–Crippen LogP) is 17.6. The number of rotatable bonds is 0. The summed E-state index contributed by atoms with van der Waals surface area (Å²) in [5, 5.41) is 0. The first-order chi connectivity index (χ1) is 0. The molecule has 0 radical (unpaired) electrons. The normalized spacial score (nSPS) is 0. The Labute approximate surface area is 178 Å². The molecule has 0 heterocycles. The minimum Gasteiger partial charge on any atom is -0.0776 e. The summed E-state index contributed by atoms with van der Waals surface area (Å²) in [6.07, 6.45) is 0. The molecule has 200 valence electrons. The summed E-state index contributed by atoms with van der Waals surface area (Å²) in [5.74, 6) is 0. The summed E-state index contributed by atoms with van der Waals surface area (Å²) in [5.41, 5.74) is 0. The van der Waals surface area contributed by atoms with Crippen LogP contribution in [0.4, 0.5) is 0 Å². The Morgan fingerprint density at radius 2 is 0.100 bits per heavy atom. The average Bonchev–Trinajstić information content (AvgIpc) is 0. The molecule has 0 aliphatic carbocycles. The van der Waals surface area contributed by atoms with Crippen molar-refractivity contribution in [2.45, 2.75) is 149 Å². The zero-order chi connectivity index (χ0) is 0. The van der Waals surface area contributed by atoms with Gasteiger partial charge in [-0.3, -0.25) is 0 Å². The molecule has 0 amide bonds. The van der Waals surface area contributed by atoms with Gasteiger partial charge in [-0.15, -0.1) is 0 Å². The predicted molar refractivity (Wildman–Crippen MR) is 177 cm³/mol. The van der Waals surface area contributed by atoms with Crippen LogP contribution in [-0.4, -0.2) is 0 Å². The van der Waals surface area contributed by atoms with Gasteiger partial charge in [0.2, 0.25) is 0 Å². The van der Waals surface area contributed by atoms with Gasteiger partial charge in [-0.05, 0) is 0 Å². The zero-order valence-corrected chi connectivity index (χ0v) is 0. The van der Waals surface area contributed by atoms with Gasteiger partial charge in [0, 0.05) is 28.5 Å². The molecular formula is C20H120. The maximum absolute atomic E-state index is 0. The maximum atomic E-state index is 0. The van der Waals surface area contributed by atoms with Crippen LogP contribution in [0.1, 0.15) is 177 Å². The molecule has 0 saturated heterocycles. The Hall–Kier alpha value is 0. The van der Waals surface area contributed by atoms with E-state index in [1.807, 2.05) is 0 Å². The van der Waals surface area contributed by atoms with E-state index < -0.39 is 0 Å². The van der Waals surface area contributed by atoms with Crippen LogP contribution >= 0.6 is 0 Å². The molecule has 0 aromatic heterocycles. The van der Waals surface area contributed by atoms with Crippen LogP contribution < -0.4 is 0 Å². The summed E-state index contributed by atoms with van der Waals surface area (Å²) in [7, 11) is 0. The van der Waals surface area contributed by atoms with Gasteiger partial charge < -0.3 is 0 Å². The van der Waals surface area contributed by atoms with Gasteiger partial charge in [-0.1, -0.05) is 149 Å². The molecule has 0 rings (SSSR count). The minimum absolute atomic E-state index is 0. The van der Waals surface area contributed by atoms with Crippen LogP contribution in [0.5, 0.6) is 0 Å². The van der Waals surface area contributed by atoms with Crippen LogP contribution in [0.15, 0.2) is 0 Å². The largest absolute Gasteiger partial charge is 0.0776 e. The summed E-state index contributed by atoms with van der Waals surface area (Å²) >= 11 is 0. The van der Waals surface area contributed by atoms with Gasteiger partial charge >= 0.3 is 0 Å². The molecule has 0 saturated carbocycles. The molecule has 0 unspecified atom stereocenters. The van der Waals surface area contributed by atoms with Crippen molar-refractivity contribution in [1.82, 2.24) is 0 Å². The van der Waals surface area contributed by atoms with E-state index in [2.05, 4.69) is 0 Å². The Balaban J connectivity index is 0. The molecule has 0 aliphatic heterocycles. The summed E-state index contributed by atoms with van der Waals surface area (Å²) in [6, 6.07) is 0. The zero-order valence-electron chi connectivity index (χ0n) is 0. The van der Waals surface area contributed by atoms with Gasteiger partial charge in [0.25, 0.3) is 0 Å². The van der Waals surface area contributed by atoms with Crippen LogP contribution in [0, 0.1) is 0 Å². The van der Waals surface area contributed by atoms with Crippen molar-refractivity contribution in [2.24, 2.45) is 0 Å². The quantitative estimate of drug-likeness (QED) is 0.378. The highest BCUT2D eigenvalue weighted by molar-refractivity contribution is 2.52. The fraction of sp³-hybridized carbons (Fsp3) is 1.00. The van der Waals surface area contributed by atoms with Crippen molar-refractivity contribution in [3.8, 4) is 0 Å². The van der Waals surface area contributed by atoms with E-state index in [4.69, 9.17) is 0 Å². The Kier molecular flexibility index (Phi) is 0. The molecule has 0 N–H and O–H groups in total. The van der Waals surface area contributed by atoms with Crippen LogP contribution in [0.25, 0.3) is 0 Å². The van der Waals surface area contributed by atoms with Crippen LogP contribution in [0.3, 0.4) is 0 Å². The van der Waals surface area contributed by atoms with Crippen molar-refractivity contribution in [2.75, 3.05) is 0 Å². The molecule has 0 heteroatoms. The molecule has 0 aromatic carbocycles. The van der Waals surface area contributed by atoms with E-state index in [1.54, 1.807) is 0 Å². The third-order valence-electron chi connectivity index (χ3n) is 0. The second-order valence-electron chi connectivity index (χ2n) is 0. The summed E-state index contributed by atoms with van der Waals surface area (Å²) < 4.78 is 0. The fourth-order valence-corrected chi connectivity index (χ4v) is 0. The molecule has 0 fully saturated rings. The fourth-order valence-electron chi connectivity index (χ4n) is 0. The van der Waals surface area contributed by atoms with Crippen molar-refractivity contribution >= 4 is 0 Å². The highest BCUT2D eigenvalue weighted by atomic mass is 12.0. The first kappa shape index (κ1) is 0. The van der Waals surface area contributed by atoms with E-state index in [0.717, 1.165) is 0 Å². The average molecular weight is 401 g/mol. The molecule has 0 aromatic rings. The molecule has 20 heavy (non-hydrogen) atoms. The molecule has 0 bridgehead atoms. The second-order valence-corrected chi connectivity index (χ2v) is 0. The maximum Gasteiger partial charge on any atom is 0 e. The molecule has 0 aliphatic rings. The van der Waals surface area contributed by atoms with E-state index >= 15 is 0 Å². The highest BCUT2D eigenvalue weighted by Crippen LogP contribution is 0.163. The van der Waals surface area contributed by atoms with Gasteiger partial charge in [-0.25, -0.2) is 0 Å². The van der Waals surface area contributed by atoms with Crippen molar-refractivity contribution in [3.05, 3.63) is 0 Å². The van der Waals surface area contributed by atoms with Crippen molar-refractivity contribution in [1.29, 1.82) is 0 Å². The first-order valence-electron chi connectivity index (χ1n) is 0. The number of hydrogen-bond donors (Lipinski definition) is 0. The summed E-state index contributed by atoms with van der Waals surface area (Å²) in [6.45, 7) is 0. The van der Waals surface area contributed by atoms with Gasteiger partial charge in [0.15, 0.2) is 0 Å². The van der Waals surface area contributed by atoms with E-state index in [0.29, 0.717) is 0 Å². The minimum atomic E-state index is 0. The SMILES string of the molecule is C.C.C.C.C.C.C.C.C.C.C.C.C.C.C.C.C.C.C.C.[3HH].[3HH].[3HH].[3HH].[3HH].[3HH].[3HH].[3HH].[3HH].[3HH].[3HH].[3HH].[3HH].[3HH].[3HH].[3HH].[3HH].[3HH].[3HH].[3HH]. The second kappa shape index (κ2) is 0. The van der Waals surface area contributed by atoms with Crippen molar-refractivity contribution in [3.63, 3.8) is 0 Å². The lowest BCUT2D eigenvalue weighted by Crippen LogP contribution is 0.143. The lowest BCUT2D eigenvalue weighted by Gasteiger charge is -0.0786.